The van der Waals surface area contributed by atoms with Gasteiger partial charge in [0.05, 0.1) is 5.92 Å². The molecule has 0 radical (unpaired) electrons. The Labute approximate surface area is 182 Å². The van der Waals surface area contributed by atoms with Crippen molar-refractivity contribution in [2.24, 2.45) is 17.8 Å². The quantitative estimate of drug-likeness (QED) is 0.214. The van der Waals surface area contributed by atoms with Crippen molar-refractivity contribution in [1.29, 1.82) is 0 Å². The molecular formula is C26H40O4. The van der Waals surface area contributed by atoms with E-state index >= 15 is 0 Å². The molecule has 0 aromatic heterocycles. The average molecular weight is 417 g/mol. The molecule has 0 fully saturated rings. The Hall–Kier alpha value is -2.17. The molecule has 0 saturated carbocycles. The van der Waals surface area contributed by atoms with Gasteiger partial charge in [-0.05, 0) is 44.4 Å². The fraction of sp³-hybridized carbons (Fsp3) is 0.500. The zero-order valence-corrected chi connectivity index (χ0v) is 18.7. The Kier molecular flexibility index (Phi) is 17.5. The Morgan fingerprint density at radius 2 is 1.07 bits per heavy atom. The highest BCUT2D eigenvalue weighted by Gasteiger charge is 2.29. The first-order chi connectivity index (χ1) is 14.4. The molecule has 0 aromatic carbocycles. The molecule has 0 aliphatic heterocycles. The molecule has 0 heterocycles. The topological polar surface area (TPSA) is 77.8 Å². The number of carbonyl (C=O) groups is 1. The summed E-state index contributed by atoms with van der Waals surface area (Å²) in [5, 5.41) is 27.9. The second kappa shape index (κ2) is 18.8. The van der Waals surface area contributed by atoms with Crippen LogP contribution in [0.5, 0.6) is 0 Å². The lowest BCUT2D eigenvalue weighted by atomic mass is 9.82. The standard InChI is InChI=1S/C26H40O4/c1-4-5-6-7-8-9-10-11-12-13-14-15-16-17-18-19-20-21-24(22(2)25(27)28)23(3)26(29)30/h5-6,8-9,11-12,14-15,17-18,20-25,27-28H,4,7,10,13,16,19H2,1-3H3,(H,29,30). The van der Waals surface area contributed by atoms with E-state index in [2.05, 4.69) is 61.6 Å². The van der Waals surface area contributed by atoms with Gasteiger partial charge in [0.1, 0.15) is 0 Å². The van der Waals surface area contributed by atoms with Gasteiger partial charge in [-0.3, -0.25) is 4.79 Å². The first-order valence-corrected chi connectivity index (χ1v) is 10.9. The third kappa shape index (κ3) is 14.8. The van der Waals surface area contributed by atoms with E-state index in [4.69, 9.17) is 0 Å². The minimum absolute atomic E-state index is 0.426. The van der Waals surface area contributed by atoms with Gasteiger partial charge in [-0.1, -0.05) is 93.7 Å². The molecule has 0 rings (SSSR count). The maximum absolute atomic E-state index is 11.2. The van der Waals surface area contributed by atoms with Crippen LogP contribution in [0.1, 0.15) is 59.3 Å². The number of hydrogen-bond acceptors (Lipinski definition) is 3. The van der Waals surface area contributed by atoms with Gasteiger partial charge >= 0.3 is 5.97 Å². The van der Waals surface area contributed by atoms with Crippen LogP contribution in [0.4, 0.5) is 0 Å². The van der Waals surface area contributed by atoms with Crippen LogP contribution >= 0.6 is 0 Å². The molecular weight excluding hydrogens is 376 g/mol. The Morgan fingerprint density at radius 1 is 0.700 bits per heavy atom. The minimum Gasteiger partial charge on any atom is -0.481 e. The van der Waals surface area contributed by atoms with Gasteiger partial charge in [-0.25, -0.2) is 0 Å². The van der Waals surface area contributed by atoms with Gasteiger partial charge in [-0.15, -0.1) is 0 Å². The summed E-state index contributed by atoms with van der Waals surface area (Å²) in [4.78, 5) is 11.2. The summed E-state index contributed by atoms with van der Waals surface area (Å²) in [6.45, 7) is 5.37. The lowest BCUT2D eigenvalue weighted by Gasteiger charge is -2.25. The summed E-state index contributed by atoms with van der Waals surface area (Å²) in [6, 6.07) is 0. The number of allylic oxidation sites excluding steroid dienone is 12. The molecule has 0 bridgehead atoms. The third-order valence-corrected chi connectivity index (χ3v) is 4.83. The molecule has 0 amide bonds. The zero-order valence-electron chi connectivity index (χ0n) is 18.7. The smallest absolute Gasteiger partial charge is 0.306 e. The van der Waals surface area contributed by atoms with Crippen molar-refractivity contribution in [2.75, 3.05) is 0 Å². The van der Waals surface area contributed by atoms with Gasteiger partial charge in [0.15, 0.2) is 6.29 Å². The third-order valence-electron chi connectivity index (χ3n) is 4.83. The van der Waals surface area contributed by atoms with Crippen molar-refractivity contribution in [3.63, 3.8) is 0 Å². The Bertz CT molecular complexity index is 609. The second-order valence-electron chi connectivity index (χ2n) is 7.35. The van der Waals surface area contributed by atoms with Crippen molar-refractivity contribution in [3.05, 3.63) is 72.9 Å². The normalized spacial score (nSPS) is 16.3. The Morgan fingerprint density at radius 3 is 1.40 bits per heavy atom. The molecule has 4 nitrogen and oxygen atoms in total. The van der Waals surface area contributed by atoms with Crippen LogP contribution in [-0.2, 0) is 4.79 Å². The van der Waals surface area contributed by atoms with Crippen LogP contribution in [0.3, 0.4) is 0 Å². The van der Waals surface area contributed by atoms with E-state index in [-0.39, 0.29) is 0 Å². The summed E-state index contributed by atoms with van der Waals surface area (Å²) >= 11 is 0. The van der Waals surface area contributed by atoms with Crippen molar-refractivity contribution < 1.29 is 20.1 Å². The van der Waals surface area contributed by atoms with E-state index in [0.717, 1.165) is 32.1 Å². The van der Waals surface area contributed by atoms with Crippen LogP contribution in [0.15, 0.2) is 72.9 Å². The first-order valence-electron chi connectivity index (χ1n) is 10.9. The fourth-order valence-electron chi connectivity index (χ4n) is 2.82. The largest absolute Gasteiger partial charge is 0.481 e. The fourth-order valence-corrected chi connectivity index (χ4v) is 2.82. The van der Waals surface area contributed by atoms with E-state index < -0.39 is 30.0 Å². The number of hydrogen-bond donors (Lipinski definition) is 3. The summed E-state index contributed by atoms with van der Waals surface area (Å²) in [7, 11) is 0. The minimum atomic E-state index is -1.53. The maximum Gasteiger partial charge on any atom is 0.306 e. The molecule has 3 atom stereocenters. The molecule has 4 heteroatoms. The van der Waals surface area contributed by atoms with E-state index in [1.54, 1.807) is 19.9 Å². The second-order valence-corrected chi connectivity index (χ2v) is 7.35. The molecule has 168 valence electrons. The molecule has 3 unspecified atom stereocenters. The van der Waals surface area contributed by atoms with Gasteiger partial charge in [0.25, 0.3) is 0 Å². The van der Waals surface area contributed by atoms with Crippen molar-refractivity contribution in [1.82, 2.24) is 0 Å². The van der Waals surface area contributed by atoms with E-state index in [1.165, 1.54) is 0 Å². The molecule has 0 spiro atoms. The van der Waals surface area contributed by atoms with E-state index in [1.807, 2.05) is 12.2 Å². The van der Waals surface area contributed by atoms with E-state index in [9.17, 15) is 20.1 Å². The number of aliphatic carboxylic acids is 1. The first kappa shape index (κ1) is 27.8. The molecule has 0 aromatic rings. The predicted octanol–water partition coefficient (Wildman–Crippen LogP) is 5.97. The molecule has 0 aliphatic carbocycles. The highest BCUT2D eigenvalue weighted by atomic mass is 16.5. The summed E-state index contributed by atoms with van der Waals surface area (Å²) in [6.07, 6.45) is 29.1. The average Bonchev–Trinajstić information content (AvgIpc) is 2.72. The molecule has 3 N–H and O–H groups in total. The lowest BCUT2D eigenvalue weighted by Crippen LogP contribution is -2.31. The van der Waals surface area contributed by atoms with Crippen LogP contribution in [0, 0.1) is 17.8 Å². The predicted molar refractivity (Wildman–Crippen MR) is 126 cm³/mol. The van der Waals surface area contributed by atoms with Gasteiger partial charge < -0.3 is 15.3 Å². The van der Waals surface area contributed by atoms with E-state index in [0.29, 0.717) is 6.42 Å². The van der Waals surface area contributed by atoms with Gasteiger partial charge in [0.2, 0.25) is 0 Å². The van der Waals surface area contributed by atoms with Gasteiger partial charge in [0, 0.05) is 5.92 Å². The number of carboxylic acids is 1. The number of aliphatic hydroxyl groups is 2. The zero-order chi connectivity index (χ0) is 22.6. The van der Waals surface area contributed by atoms with Crippen molar-refractivity contribution in [3.8, 4) is 0 Å². The van der Waals surface area contributed by atoms with Crippen LogP contribution in [0.25, 0.3) is 0 Å². The van der Waals surface area contributed by atoms with Crippen molar-refractivity contribution >= 4 is 5.97 Å². The van der Waals surface area contributed by atoms with Crippen molar-refractivity contribution in [2.45, 2.75) is 65.6 Å². The summed E-state index contributed by atoms with van der Waals surface area (Å²) < 4.78 is 0. The highest BCUT2D eigenvalue weighted by Crippen LogP contribution is 2.25. The Balaban J connectivity index is 4.12. The molecule has 0 saturated heterocycles. The summed E-state index contributed by atoms with van der Waals surface area (Å²) in [5.74, 6) is -2.58. The van der Waals surface area contributed by atoms with Crippen LogP contribution < -0.4 is 0 Å². The van der Waals surface area contributed by atoms with Crippen LogP contribution in [-0.4, -0.2) is 27.6 Å². The van der Waals surface area contributed by atoms with Gasteiger partial charge in [-0.2, -0.15) is 0 Å². The lowest BCUT2D eigenvalue weighted by molar-refractivity contribution is -0.145. The number of carboxylic acid groups (broad SMARTS) is 1. The highest BCUT2D eigenvalue weighted by molar-refractivity contribution is 5.70. The number of aliphatic hydroxyl groups excluding tert-OH is 1. The summed E-state index contributed by atoms with van der Waals surface area (Å²) in [5.41, 5.74) is 0. The SMILES string of the molecule is CCC=CCC=CCC=CCC=CCC=CCC=CC(C(C)C(=O)O)C(C)C(O)O. The monoisotopic (exact) mass is 416 g/mol. The van der Waals surface area contributed by atoms with Crippen LogP contribution in [0.2, 0.25) is 0 Å². The molecule has 30 heavy (non-hydrogen) atoms. The maximum atomic E-state index is 11.2. The molecule has 0 aliphatic rings. The number of rotatable bonds is 16.